The van der Waals surface area contributed by atoms with Gasteiger partial charge in [0, 0.05) is 23.3 Å². The zero-order valence-corrected chi connectivity index (χ0v) is 16.9. The van der Waals surface area contributed by atoms with Crippen LogP contribution in [0.3, 0.4) is 0 Å². The first-order valence-corrected chi connectivity index (χ1v) is 9.50. The van der Waals surface area contributed by atoms with Crippen LogP contribution in [0.2, 0.25) is 0 Å². The zero-order chi connectivity index (χ0) is 18.6. The summed E-state index contributed by atoms with van der Waals surface area (Å²) < 4.78 is 5.88. The third-order valence-electron chi connectivity index (χ3n) is 3.60. The number of nitrogens with one attached hydrogen (secondary N) is 1. The molecular formula is C17H20BrN3O3S. The molecule has 25 heavy (non-hydrogen) atoms. The molecule has 1 unspecified atom stereocenters. The van der Waals surface area contributed by atoms with Gasteiger partial charge in [-0.1, -0.05) is 21.1 Å². The van der Waals surface area contributed by atoms with Crippen LogP contribution in [0, 0.1) is 13.8 Å². The van der Waals surface area contributed by atoms with E-state index in [1.165, 1.54) is 11.8 Å². The Kier molecular flexibility index (Phi) is 6.66. The van der Waals surface area contributed by atoms with Crippen LogP contribution in [-0.4, -0.2) is 35.0 Å². The van der Waals surface area contributed by atoms with Gasteiger partial charge < -0.3 is 14.7 Å². The van der Waals surface area contributed by atoms with E-state index < -0.39 is 0 Å². The van der Waals surface area contributed by atoms with Crippen molar-refractivity contribution in [3.05, 3.63) is 40.1 Å². The second-order valence-corrected chi connectivity index (χ2v) is 7.89. The van der Waals surface area contributed by atoms with Crippen LogP contribution >= 0.6 is 27.7 Å². The quantitative estimate of drug-likeness (QED) is 0.761. The van der Waals surface area contributed by atoms with Crippen molar-refractivity contribution < 1.29 is 14.1 Å². The van der Waals surface area contributed by atoms with Crippen LogP contribution in [0.1, 0.15) is 18.2 Å². The number of thioether (sulfide) groups is 1. The fraction of sp³-hybridized carbons (Fsp3) is 0.353. The molecule has 2 aromatic rings. The van der Waals surface area contributed by atoms with Crippen molar-refractivity contribution in [1.29, 1.82) is 0 Å². The summed E-state index contributed by atoms with van der Waals surface area (Å²) in [4.78, 5) is 26.1. The minimum Gasteiger partial charge on any atom is -0.360 e. The van der Waals surface area contributed by atoms with Gasteiger partial charge in [-0.25, -0.2) is 0 Å². The van der Waals surface area contributed by atoms with Gasteiger partial charge in [0.2, 0.25) is 11.8 Å². The van der Waals surface area contributed by atoms with E-state index in [1.54, 1.807) is 31.9 Å². The number of aromatic nitrogens is 1. The molecule has 1 N–H and O–H groups in total. The molecular weight excluding hydrogens is 406 g/mol. The lowest BCUT2D eigenvalue weighted by molar-refractivity contribution is -0.116. The molecule has 0 saturated heterocycles. The summed E-state index contributed by atoms with van der Waals surface area (Å²) in [7, 11) is 1.74. The van der Waals surface area contributed by atoms with Crippen LogP contribution in [0.15, 0.2) is 33.3 Å². The first-order chi connectivity index (χ1) is 11.8. The number of carbonyl (C=O) groups excluding carboxylic acids is 2. The monoisotopic (exact) mass is 425 g/mol. The number of anilines is 2. The van der Waals surface area contributed by atoms with Crippen LogP contribution in [0.4, 0.5) is 11.5 Å². The van der Waals surface area contributed by atoms with Crippen molar-refractivity contribution in [3.8, 4) is 0 Å². The van der Waals surface area contributed by atoms with E-state index in [0.717, 1.165) is 15.7 Å². The first-order valence-electron chi connectivity index (χ1n) is 7.66. The maximum Gasteiger partial charge on any atom is 0.238 e. The second-order valence-electron chi connectivity index (χ2n) is 5.65. The number of carbonyl (C=O) groups is 2. The lowest BCUT2D eigenvalue weighted by Gasteiger charge is -2.20. The number of hydrogen-bond donors (Lipinski definition) is 1. The van der Waals surface area contributed by atoms with Crippen LogP contribution in [-0.2, 0) is 9.59 Å². The Hall–Kier alpha value is -1.80. The predicted octanol–water partition coefficient (Wildman–Crippen LogP) is 3.78. The Morgan fingerprint density at radius 3 is 2.68 bits per heavy atom. The smallest absolute Gasteiger partial charge is 0.238 e. The molecule has 6 nitrogen and oxygen atoms in total. The number of benzene rings is 1. The van der Waals surface area contributed by atoms with Gasteiger partial charge in [0.25, 0.3) is 0 Å². The number of rotatable bonds is 6. The summed E-state index contributed by atoms with van der Waals surface area (Å²) in [5.74, 6) is 0.931. The summed E-state index contributed by atoms with van der Waals surface area (Å²) in [6, 6.07) is 7.40. The topological polar surface area (TPSA) is 75.4 Å². The average Bonchev–Trinajstić information content (AvgIpc) is 2.96. The van der Waals surface area contributed by atoms with Gasteiger partial charge in [0.05, 0.1) is 11.0 Å². The molecule has 0 saturated carbocycles. The van der Waals surface area contributed by atoms with E-state index in [2.05, 4.69) is 26.4 Å². The number of aryl methyl sites for hydroxylation is 2. The van der Waals surface area contributed by atoms with E-state index in [-0.39, 0.29) is 22.8 Å². The summed E-state index contributed by atoms with van der Waals surface area (Å²) in [6.07, 6.45) is 0. The number of amides is 2. The molecule has 0 aliphatic rings. The van der Waals surface area contributed by atoms with Crippen molar-refractivity contribution in [2.24, 2.45) is 0 Å². The van der Waals surface area contributed by atoms with Gasteiger partial charge in [0.15, 0.2) is 5.82 Å². The molecule has 1 aromatic heterocycles. The van der Waals surface area contributed by atoms with Gasteiger partial charge >= 0.3 is 0 Å². The molecule has 1 atom stereocenters. The van der Waals surface area contributed by atoms with E-state index in [4.69, 9.17) is 4.52 Å². The van der Waals surface area contributed by atoms with E-state index in [0.29, 0.717) is 11.6 Å². The number of hydrogen-bond acceptors (Lipinski definition) is 5. The van der Waals surface area contributed by atoms with E-state index in [1.807, 2.05) is 25.1 Å². The molecule has 1 aromatic carbocycles. The van der Waals surface area contributed by atoms with Crippen molar-refractivity contribution in [2.75, 3.05) is 23.0 Å². The molecule has 0 aliphatic heterocycles. The highest BCUT2D eigenvalue weighted by Gasteiger charge is 2.19. The van der Waals surface area contributed by atoms with Gasteiger partial charge in [-0.15, -0.1) is 11.8 Å². The molecule has 0 spiro atoms. The predicted molar refractivity (Wildman–Crippen MR) is 104 cm³/mol. The van der Waals surface area contributed by atoms with Gasteiger partial charge in [-0.2, -0.15) is 0 Å². The summed E-state index contributed by atoms with van der Waals surface area (Å²) in [5.41, 5.74) is 1.85. The summed E-state index contributed by atoms with van der Waals surface area (Å²) in [5, 5.41) is 6.00. The summed E-state index contributed by atoms with van der Waals surface area (Å²) >= 11 is 4.69. The number of halogens is 1. The second kappa shape index (κ2) is 8.53. The van der Waals surface area contributed by atoms with E-state index in [9.17, 15) is 9.59 Å². The van der Waals surface area contributed by atoms with Gasteiger partial charge in [-0.3, -0.25) is 9.59 Å². The Labute approximate surface area is 159 Å². The zero-order valence-electron chi connectivity index (χ0n) is 14.5. The Bertz CT molecular complexity index is 778. The molecule has 0 bridgehead atoms. The molecule has 134 valence electrons. The lowest BCUT2D eigenvalue weighted by Crippen LogP contribution is -2.31. The average molecular weight is 426 g/mol. The highest BCUT2D eigenvalue weighted by atomic mass is 79.9. The van der Waals surface area contributed by atoms with Crippen molar-refractivity contribution in [3.63, 3.8) is 0 Å². The molecule has 0 aliphatic carbocycles. The first kappa shape index (κ1) is 19.5. The Morgan fingerprint density at radius 2 is 2.08 bits per heavy atom. The number of nitrogens with zero attached hydrogens (tertiary/aromatic N) is 2. The Morgan fingerprint density at radius 1 is 1.36 bits per heavy atom. The summed E-state index contributed by atoms with van der Waals surface area (Å²) in [6.45, 7) is 5.46. The van der Waals surface area contributed by atoms with E-state index >= 15 is 0 Å². The van der Waals surface area contributed by atoms with Crippen molar-refractivity contribution >= 4 is 51.0 Å². The third kappa shape index (κ3) is 5.34. The molecule has 0 fully saturated rings. The minimum atomic E-state index is -0.389. The lowest BCUT2D eigenvalue weighted by atomic mass is 10.2. The molecule has 2 rings (SSSR count). The minimum absolute atomic E-state index is 0.0626. The standard InChI is InChI=1S/C17H20BrN3O3S/c1-10-7-13(18)5-6-14(10)21(4)16(22)9-25-12(3)17(23)19-15-8-11(2)24-20-15/h5-8,12H,9H2,1-4H3,(H,19,20,23). The third-order valence-corrected chi connectivity index (χ3v) is 5.22. The highest BCUT2D eigenvalue weighted by molar-refractivity contribution is 9.10. The van der Waals surface area contributed by atoms with Gasteiger partial charge in [-0.05, 0) is 44.5 Å². The van der Waals surface area contributed by atoms with Crippen LogP contribution < -0.4 is 10.2 Å². The molecule has 0 radical (unpaired) electrons. The maximum atomic E-state index is 12.4. The van der Waals surface area contributed by atoms with Crippen molar-refractivity contribution in [2.45, 2.75) is 26.0 Å². The SMILES string of the molecule is Cc1cc(NC(=O)C(C)SCC(=O)N(C)c2ccc(Br)cc2C)no1. The fourth-order valence-corrected chi connectivity index (χ4v) is 3.42. The van der Waals surface area contributed by atoms with Gasteiger partial charge in [0.1, 0.15) is 5.76 Å². The highest BCUT2D eigenvalue weighted by Crippen LogP contribution is 2.24. The van der Waals surface area contributed by atoms with Crippen LogP contribution in [0.5, 0.6) is 0 Å². The molecule has 8 heteroatoms. The molecule has 2 amide bonds. The normalized spacial score (nSPS) is 11.9. The largest absolute Gasteiger partial charge is 0.360 e. The van der Waals surface area contributed by atoms with Crippen LogP contribution in [0.25, 0.3) is 0 Å². The maximum absolute atomic E-state index is 12.4. The Balaban J connectivity index is 1.88. The van der Waals surface area contributed by atoms with Crippen molar-refractivity contribution in [1.82, 2.24) is 5.16 Å². The molecule has 1 heterocycles. The fourth-order valence-electron chi connectivity index (χ4n) is 2.15.